The van der Waals surface area contributed by atoms with Gasteiger partial charge in [0, 0.05) is 18.9 Å². The fraction of sp³-hybridized carbons (Fsp3) is 0.812. The van der Waals surface area contributed by atoms with Crippen molar-refractivity contribution in [3.8, 4) is 0 Å². The van der Waals surface area contributed by atoms with Crippen molar-refractivity contribution in [1.82, 2.24) is 10.3 Å². The van der Waals surface area contributed by atoms with E-state index < -0.39 is 15.9 Å². The number of nitrogens with zero attached hydrogens (tertiary/aromatic N) is 2. The summed E-state index contributed by atoms with van der Waals surface area (Å²) in [6.45, 7) is 0. The van der Waals surface area contributed by atoms with Gasteiger partial charge in [-0.1, -0.05) is 25.7 Å². The third kappa shape index (κ3) is 4.15. The van der Waals surface area contributed by atoms with Crippen molar-refractivity contribution in [2.75, 3.05) is 11.5 Å². The van der Waals surface area contributed by atoms with Gasteiger partial charge in [-0.2, -0.15) is 5.10 Å². The Morgan fingerprint density at radius 3 is 2.42 bits per heavy atom. The van der Waals surface area contributed by atoms with Gasteiger partial charge in [0.2, 0.25) is 5.91 Å². The Kier molecular flexibility index (Phi) is 5.22. The molecule has 0 unspecified atom stereocenters. The largest absolute Gasteiger partial charge is 0.348 e. The third-order valence-corrected chi connectivity index (χ3v) is 6.82. The van der Waals surface area contributed by atoms with Crippen molar-refractivity contribution in [1.29, 1.82) is 0 Å². The van der Waals surface area contributed by atoms with Crippen molar-refractivity contribution in [3.05, 3.63) is 0 Å². The number of hydrogen-bond donors (Lipinski definition) is 1. The van der Waals surface area contributed by atoms with Crippen LogP contribution in [0.3, 0.4) is 0 Å². The van der Waals surface area contributed by atoms with Crippen molar-refractivity contribution >= 4 is 27.4 Å². The van der Waals surface area contributed by atoms with Crippen LogP contribution in [0.1, 0.15) is 57.8 Å². The second-order valence-electron chi connectivity index (χ2n) is 7.00. The van der Waals surface area contributed by atoms with Gasteiger partial charge in [-0.05, 0) is 19.3 Å². The minimum atomic E-state index is -3.10. The molecule has 134 valence electrons. The summed E-state index contributed by atoms with van der Waals surface area (Å²) in [6.07, 6.45) is 7.60. The molecule has 0 radical (unpaired) electrons. The topological polar surface area (TPSA) is 95.9 Å². The van der Waals surface area contributed by atoms with Crippen LogP contribution in [0.2, 0.25) is 0 Å². The Bertz CT molecular complexity index is 636. The quantitative estimate of drug-likeness (QED) is 0.764. The van der Waals surface area contributed by atoms with Gasteiger partial charge in [0.1, 0.15) is 5.71 Å². The van der Waals surface area contributed by atoms with E-state index in [0.29, 0.717) is 18.6 Å². The van der Waals surface area contributed by atoms with Gasteiger partial charge in [-0.15, -0.1) is 0 Å². The monoisotopic (exact) mass is 355 g/mol. The van der Waals surface area contributed by atoms with E-state index in [9.17, 15) is 18.0 Å². The summed E-state index contributed by atoms with van der Waals surface area (Å²) in [5, 5.41) is 8.51. The molecule has 1 aliphatic carbocycles. The van der Waals surface area contributed by atoms with Crippen LogP contribution in [0.5, 0.6) is 0 Å². The Morgan fingerprint density at radius 1 is 1.08 bits per heavy atom. The third-order valence-electron chi connectivity index (χ3n) is 5.07. The highest BCUT2D eigenvalue weighted by molar-refractivity contribution is 7.91. The van der Waals surface area contributed by atoms with Gasteiger partial charge in [-0.25, -0.2) is 13.4 Å². The number of hydrogen-bond acceptors (Lipinski definition) is 5. The molecule has 2 fully saturated rings. The molecule has 2 heterocycles. The summed E-state index contributed by atoms with van der Waals surface area (Å²) in [4.78, 5) is 24.6. The highest BCUT2D eigenvalue weighted by Gasteiger charge is 2.37. The van der Waals surface area contributed by atoms with E-state index in [4.69, 9.17) is 0 Å². The molecular formula is C16H25N3O4S. The number of carbonyl (C=O) groups is 2. The van der Waals surface area contributed by atoms with E-state index in [2.05, 4.69) is 10.4 Å². The zero-order valence-corrected chi connectivity index (χ0v) is 14.7. The first-order chi connectivity index (χ1) is 11.4. The predicted molar refractivity (Wildman–Crippen MR) is 90.2 cm³/mol. The lowest BCUT2D eigenvalue weighted by Gasteiger charge is -2.28. The van der Waals surface area contributed by atoms with Gasteiger partial charge in [0.25, 0.3) is 5.91 Å². The van der Waals surface area contributed by atoms with Gasteiger partial charge < -0.3 is 5.32 Å². The molecular weight excluding hydrogens is 330 g/mol. The number of carbonyl (C=O) groups excluding carboxylic acids is 2. The summed E-state index contributed by atoms with van der Waals surface area (Å²) in [5.41, 5.74) is 0.350. The lowest BCUT2D eigenvalue weighted by Crippen LogP contribution is -2.45. The summed E-state index contributed by atoms with van der Waals surface area (Å²) in [6, 6.07) is -0.246. The number of rotatable bonds is 3. The molecule has 1 atom stereocenters. The molecule has 24 heavy (non-hydrogen) atoms. The lowest BCUT2D eigenvalue weighted by molar-refractivity contribution is -0.133. The van der Waals surface area contributed by atoms with E-state index in [-0.39, 0.29) is 35.8 Å². The minimum absolute atomic E-state index is 0.0558. The van der Waals surface area contributed by atoms with E-state index in [0.717, 1.165) is 25.7 Å². The molecule has 0 aromatic carbocycles. The van der Waals surface area contributed by atoms with E-state index >= 15 is 0 Å². The van der Waals surface area contributed by atoms with Crippen molar-refractivity contribution in [2.45, 2.75) is 69.9 Å². The summed E-state index contributed by atoms with van der Waals surface area (Å²) in [7, 11) is -3.10. The Labute approximate surface area is 142 Å². The van der Waals surface area contributed by atoms with Crippen LogP contribution in [0, 0.1) is 0 Å². The first-order valence-corrected chi connectivity index (χ1v) is 10.7. The van der Waals surface area contributed by atoms with Crippen molar-refractivity contribution in [3.63, 3.8) is 0 Å². The van der Waals surface area contributed by atoms with Gasteiger partial charge in [-0.3, -0.25) is 9.59 Å². The van der Waals surface area contributed by atoms with E-state index in [1.165, 1.54) is 17.9 Å². The average molecular weight is 355 g/mol. The molecule has 1 saturated heterocycles. The fourth-order valence-corrected chi connectivity index (χ4v) is 5.37. The van der Waals surface area contributed by atoms with Gasteiger partial charge in [0.15, 0.2) is 9.84 Å². The molecule has 1 saturated carbocycles. The molecule has 2 aliphatic heterocycles. The van der Waals surface area contributed by atoms with Crippen LogP contribution in [-0.2, 0) is 19.4 Å². The van der Waals surface area contributed by atoms with Crippen LogP contribution in [-0.4, -0.2) is 54.5 Å². The molecule has 3 rings (SSSR count). The van der Waals surface area contributed by atoms with E-state index in [1.54, 1.807) is 0 Å². The van der Waals surface area contributed by atoms with Gasteiger partial charge >= 0.3 is 0 Å². The number of amides is 2. The Morgan fingerprint density at radius 2 is 1.79 bits per heavy atom. The Balaban J connectivity index is 1.67. The van der Waals surface area contributed by atoms with E-state index in [1.807, 2.05) is 0 Å². The normalized spacial score (nSPS) is 28.3. The molecule has 7 nitrogen and oxygen atoms in total. The lowest BCUT2D eigenvalue weighted by atomic mass is 10.1. The maximum atomic E-state index is 12.5. The first kappa shape index (κ1) is 17.4. The zero-order chi connectivity index (χ0) is 17.2. The summed E-state index contributed by atoms with van der Waals surface area (Å²) < 4.78 is 23.3. The Hall–Kier alpha value is -1.44. The van der Waals surface area contributed by atoms with Crippen LogP contribution >= 0.6 is 0 Å². The number of hydrazone groups is 1. The number of nitrogens with one attached hydrogen (secondary N) is 1. The summed E-state index contributed by atoms with van der Waals surface area (Å²) >= 11 is 0. The van der Waals surface area contributed by atoms with Crippen LogP contribution < -0.4 is 5.32 Å². The SMILES string of the molecule is O=C(NC1CCCCCC1)C1=NN([C@@H]2CCS(=O)(=O)C2)C(=O)CC1. The smallest absolute Gasteiger partial charge is 0.267 e. The molecule has 3 aliphatic rings. The van der Waals surface area contributed by atoms with Crippen LogP contribution in [0.25, 0.3) is 0 Å². The maximum absolute atomic E-state index is 12.5. The van der Waals surface area contributed by atoms with Crippen LogP contribution in [0.4, 0.5) is 0 Å². The summed E-state index contributed by atoms with van der Waals surface area (Å²) in [5.74, 6) is -0.372. The molecule has 0 aromatic heterocycles. The maximum Gasteiger partial charge on any atom is 0.267 e. The fourth-order valence-electron chi connectivity index (χ4n) is 3.68. The first-order valence-electron chi connectivity index (χ1n) is 8.85. The number of sulfone groups is 1. The average Bonchev–Trinajstić information content (AvgIpc) is 2.73. The molecule has 8 heteroatoms. The van der Waals surface area contributed by atoms with Crippen molar-refractivity contribution in [2.24, 2.45) is 5.10 Å². The molecule has 0 aromatic rings. The predicted octanol–water partition coefficient (Wildman–Crippen LogP) is 0.991. The molecule has 0 bridgehead atoms. The highest BCUT2D eigenvalue weighted by atomic mass is 32.2. The second kappa shape index (κ2) is 7.21. The highest BCUT2D eigenvalue weighted by Crippen LogP contribution is 2.22. The van der Waals surface area contributed by atoms with Crippen LogP contribution in [0.15, 0.2) is 5.10 Å². The molecule has 2 amide bonds. The zero-order valence-electron chi connectivity index (χ0n) is 13.9. The minimum Gasteiger partial charge on any atom is -0.348 e. The second-order valence-corrected chi connectivity index (χ2v) is 9.23. The van der Waals surface area contributed by atoms with Crippen molar-refractivity contribution < 1.29 is 18.0 Å². The molecule has 1 N–H and O–H groups in total. The molecule has 0 spiro atoms. The standard InChI is InChI=1S/C16H25N3O4S/c20-15-8-7-14(16(21)17-12-5-3-1-2-4-6-12)18-19(15)13-9-10-24(22,23)11-13/h12-13H,1-11H2,(H,17,21)/t13-/m1/s1. The van der Waals surface area contributed by atoms with Gasteiger partial charge in [0.05, 0.1) is 17.5 Å².